The van der Waals surface area contributed by atoms with Gasteiger partial charge in [-0.1, -0.05) is 66.7 Å². The molecular weight excluding hydrogens is 504 g/mol. The molecule has 0 aliphatic heterocycles. The van der Waals surface area contributed by atoms with Crippen molar-refractivity contribution in [2.24, 2.45) is 0 Å². The Balaban J connectivity index is 1.51. The zero-order valence-corrected chi connectivity index (χ0v) is 21.6. The molecule has 0 spiro atoms. The molecule has 0 amide bonds. The van der Waals surface area contributed by atoms with Crippen molar-refractivity contribution in [3.8, 4) is 17.2 Å². The highest BCUT2D eigenvalue weighted by Gasteiger charge is 2.25. The molecule has 4 heterocycles. The van der Waals surface area contributed by atoms with Crippen molar-refractivity contribution < 1.29 is 8.83 Å². The first kappa shape index (κ1) is 21.1. The van der Waals surface area contributed by atoms with E-state index in [1.54, 1.807) is 0 Å². The predicted octanol–water partition coefficient (Wildman–Crippen LogP) is 10.2. The molecule has 0 radical (unpaired) electrons. The van der Waals surface area contributed by atoms with Crippen molar-refractivity contribution in [1.29, 1.82) is 5.26 Å². The maximum absolute atomic E-state index is 9.92. The molecule has 0 fully saturated rings. The SMILES string of the molecule is N#Cc1ccccc1-c1cc2c3ccc4c5ccccc5oc4c3n3c2c(c1)c1ccc2c4ccccc4oc2c13. The van der Waals surface area contributed by atoms with Crippen molar-refractivity contribution in [2.75, 3.05) is 0 Å². The van der Waals surface area contributed by atoms with E-state index in [-0.39, 0.29) is 0 Å². The van der Waals surface area contributed by atoms with Gasteiger partial charge in [0, 0.05) is 43.1 Å². The normalized spacial score (nSPS) is 12.4. The zero-order valence-electron chi connectivity index (χ0n) is 21.6. The molecule has 4 nitrogen and oxygen atoms in total. The number of furan rings is 2. The molecule has 0 unspecified atom stereocenters. The van der Waals surface area contributed by atoms with Crippen LogP contribution in [0.1, 0.15) is 5.56 Å². The molecule has 4 heteroatoms. The first-order chi connectivity index (χ1) is 20.3. The summed E-state index contributed by atoms with van der Waals surface area (Å²) in [6.45, 7) is 0. The molecule has 10 rings (SSSR count). The summed E-state index contributed by atoms with van der Waals surface area (Å²) in [4.78, 5) is 0. The number of hydrogen-bond donors (Lipinski definition) is 0. The third-order valence-corrected chi connectivity index (χ3v) is 8.76. The van der Waals surface area contributed by atoms with Gasteiger partial charge in [-0.15, -0.1) is 0 Å². The van der Waals surface area contributed by atoms with Gasteiger partial charge in [0.25, 0.3) is 0 Å². The van der Waals surface area contributed by atoms with Gasteiger partial charge in [-0.3, -0.25) is 0 Å². The van der Waals surface area contributed by atoms with Crippen molar-refractivity contribution in [2.45, 2.75) is 0 Å². The van der Waals surface area contributed by atoms with E-state index in [1.807, 2.05) is 48.5 Å². The maximum Gasteiger partial charge on any atom is 0.160 e. The summed E-state index contributed by atoms with van der Waals surface area (Å²) in [5.41, 5.74) is 9.29. The van der Waals surface area contributed by atoms with Gasteiger partial charge in [-0.2, -0.15) is 5.26 Å². The van der Waals surface area contributed by atoms with E-state index in [1.165, 1.54) is 0 Å². The number of hydrogen-bond acceptors (Lipinski definition) is 3. The summed E-state index contributed by atoms with van der Waals surface area (Å²) in [6, 6.07) is 39.9. The fraction of sp³-hybridized carbons (Fsp3) is 0. The Kier molecular flexibility index (Phi) is 3.72. The standard InChI is InChI=1S/C37H18N2O2/c38-19-20-7-1-2-8-22(20)21-17-29-25-13-15-27-23-9-3-5-11-31(23)40-36(27)34(25)39-33(29)30(18-21)26-14-16-28-24-10-4-6-12-32(24)41-37(28)35(26)39/h1-18H. The third kappa shape index (κ3) is 2.50. The average molecular weight is 523 g/mol. The number of nitrogens with zero attached hydrogens (tertiary/aromatic N) is 2. The Hall–Kier alpha value is -5.79. The molecule has 0 N–H and O–H groups in total. The van der Waals surface area contributed by atoms with E-state index >= 15 is 0 Å². The lowest BCUT2D eigenvalue weighted by molar-refractivity contribution is 0.670. The number of nitriles is 1. The highest BCUT2D eigenvalue weighted by Crippen LogP contribution is 2.47. The van der Waals surface area contributed by atoms with E-state index in [0.717, 1.165) is 93.1 Å². The summed E-state index contributed by atoms with van der Waals surface area (Å²) in [5.74, 6) is 0. The maximum atomic E-state index is 9.92. The van der Waals surface area contributed by atoms with Gasteiger partial charge in [-0.25, -0.2) is 0 Å². The largest absolute Gasteiger partial charge is 0.454 e. The van der Waals surface area contributed by atoms with Crippen LogP contribution in [-0.4, -0.2) is 4.40 Å². The summed E-state index contributed by atoms with van der Waals surface area (Å²) in [5, 5.41) is 18.8. The number of para-hydroxylation sites is 2. The minimum Gasteiger partial charge on any atom is -0.454 e. The van der Waals surface area contributed by atoms with Crippen molar-refractivity contribution in [3.63, 3.8) is 0 Å². The topological polar surface area (TPSA) is 54.5 Å². The van der Waals surface area contributed by atoms with Crippen LogP contribution < -0.4 is 0 Å². The van der Waals surface area contributed by atoms with Crippen LogP contribution in [0.4, 0.5) is 0 Å². The van der Waals surface area contributed by atoms with Crippen LogP contribution in [0.5, 0.6) is 0 Å². The highest BCUT2D eigenvalue weighted by molar-refractivity contribution is 6.32. The van der Waals surface area contributed by atoms with E-state index in [9.17, 15) is 5.26 Å². The number of fused-ring (bicyclic) bond motifs is 14. The molecule has 0 atom stereocenters. The lowest BCUT2D eigenvalue weighted by Crippen LogP contribution is -1.84. The van der Waals surface area contributed by atoms with Crippen molar-refractivity contribution in [3.05, 3.63) is 115 Å². The number of aromatic nitrogens is 1. The second-order valence-electron chi connectivity index (χ2n) is 10.8. The summed E-state index contributed by atoms with van der Waals surface area (Å²) in [7, 11) is 0. The fourth-order valence-electron chi connectivity index (χ4n) is 7.04. The predicted molar refractivity (Wildman–Crippen MR) is 166 cm³/mol. The minimum absolute atomic E-state index is 0.661. The molecule has 6 aromatic carbocycles. The molecule has 0 aliphatic carbocycles. The van der Waals surface area contributed by atoms with Crippen LogP contribution in [0.25, 0.3) is 93.1 Å². The Morgan fingerprint density at radius 2 is 1.00 bits per heavy atom. The molecule has 0 saturated carbocycles. The van der Waals surface area contributed by atoms with Gasteiger partial charge in [0.1, 0.15) is 11.2 Å². The van der Waals surface area contributed by atoms with E-state index in [2.05, 4.69) is 71.1 Å². The zero-order chi connectivity index (χ0) is 26.8. The lowest BCUT2D eigenvalue weighted by Gasteiger charge is -2.06. The van der Waals surface area contributed by atoms with Crippen LogP contribution in [0, 0.1) is 11.3 Å². The van der Waals surface area contributed by atoms with E-state index in [0.29, 0.717) is 5.56 Å². The summed E-state index contributed by atoms with van der Waals surface area (Å²) < 4.78 is 15.6. The molecule has 0 bridgehead atoms. The Morgan fingerprint density at radius 1 is 0.488 bits per heavy atom. The molecule has 0 saturated heterocycles. The van der Waals surface area contributed by atoms with Gasteiger partial charge >= 0.3 is 0 Å². The first-order valence-corrected chi connectivity index (χ1v) is 13.7. The lowest BCUT2D eigenvalue weighted by atomic mass is 9.96. The molecule has 0 aliphatic rings. The summed E-state index contributed by atoms with van der Waals surface area (Å²) in [6.07, 6.45) is 0. The number of rotatable bonds is 1. The van der Waals surface area contributed by atoms with Crippen LogP contribution in [0.15, 0.2) is 118 Å². The molecule has 41 heavy (non-hydrogen) atoms. The third-order valence-electron chi connectivity index (χ3n) is 8.76. The molecule has 4 aromatic heterocycles. The quantitative estimate of drug-likeness (QED) is 0.215. The van der Waals surface area contributed by atoms with Crippen molar-refractivity contribution in [1.82, 2.24) is 4.40 Å². The number of benzene rings is 6. The second kappa shape index (κ2) is 7.24. The fourth-order valence-corrected chi connectivity index (χ4v) is 7.04. The minimum atomic E-state index is 0.661. The smallest absolute Gasteiger partial charge is 0.160 e. The Labute approximate surface area is 232 Å². The Bertz CT molecular complexity index is 2610. The Morgan fingerprint density at radius 3 is 1.59 bits per heavy atom. The van der Waals surface area contributed by atoms with Gasteiger partial charge in [0.05, 0.1) is 28.2 Å². The molecule has 188 valence electrons. The van der Waals surface area contributed by atoms with Crippen LogP contribution in [0.3, 0.4) is 0 Å². The van der Waals surface area contributed by atoms with Gasteiger partial charge in [0.2, 0.25) is 0 Å². The van der Waals surface area contributed by atoms with Crippen molar-refractivity contribution >= 4 is 82.0 Å². The highest BCUT2D eigenvalue weighted by atomic mass is 16.3. The monoisotopic (exact) mass is 522 g/mol. The van der Waals surface area contributed by atoms with E-state index in [4.69, 9.17) is 8.83 Å². The summed E-state index contributed by atoms with van der Waals surface area (Å²) >= 11 is 0. The second-order valence-corrected chi connectivity index (χ2v) is 10.8. The van der Waals surface area contributed by atoms with Crippen LogP contribution in [0.2, 0.25) is 0 Å². The molecular formula is C37H18N2O2. The van der Waals surface area contributed by atoms with Gasteiger partial charge in [-0.05, 0) is 53.6 Å². The van der Waals surface area contributed by atoms with Crippen LogP contribution in [-0.2, 0) is 0 Å². The molecule has 10 aromatic rings. The van der Waals surface area contributed by atoms with E-state index < -0.39 is 0 Å². The van der Waals surface area contributed by atoms with Crippen LogP contribution >= 0.6 is 0 Å². The van der Waals surface area contributed by atoms with Gasteiger partial charge in [0.15, 0.2) is 11.2 Å². The first-order valence-electron chi connectivity index (χ1n) is 13.7. The average Bonchev–Trinajstić information content (AvgIpc) is 3.76. The van der Waals surface area contributed by atoms with Gasteiger partial charge < -0.3 is 13.2 Å².